The number of Topliss-reactive ketones (excluding diaryl/α,β-unsaturated/α-hetero) is 1. The van der Waals surface area contributed by atoms with Crippen molar-refractivity contribution in [3.63, 3.8) is 0 Å². The molecular formula is C18H25NO5. The van der Waals surface area contributed by atoms with Crippen LogP contribution in [0.25, 0.3) is 0 Å². The van der Waals surface area contributed by atoms with Crippen LogP contribution in [0.3, 0.4) is 0 Å². The van der Waals surface area contributed by atoms with Crippen LogP contribution in [-0.4, -0.2) is 35.4 Å². The minimum Gasteiger partial charge on any atom is -0.496 e. The second-order valence-corrected chi connectivity index (χ2v) is 6.45. The molecule has 1 aromatic rings. The van der Waals surface area contributed by atoms with E-state index < -0.39 is 11.5 Å². The van der Waals surface area contributed by atoms with Crippen LogP contribution >= 0.6 is 0 Å². The zero-order valence-electron chi connectivity index (χ0n) is 14.8. The molecule has 1 aromatic carbocycles. The van der Waals surface area contributed by atoms with Crippen molar-refractivity contribution < 1.29 is 24.2 Å². The normalized spacial score (nSPS) is 13.2. The van der Waals surface area contributed by atoms with Crippen molar-refractivity contribution in [1.29, 1.82) is 0 Å². The quantitative estimate of drug-likeness (QED) is 0.712. The maximum Gasteiger partial charge on any atom is 0.305 e. The van der Waals surface area contributed by atoms with E-state index in [0.717, 1.165) is 0 Å². The van der Waals surface area contributed by atoms with Gasteiger partial charge in [0.2, 0.25) is 5.91 Å². The molecule has 0 saturated heterocycles. The first-order valence-electron chi connectivity index (χ1n) is 7.79. The highest BCUT2D eigenvalue weighted by molar-refractivity contribution is 5.94. The average molecular weight is 335 g/mol. The monoisotopic (exact) mass is 335 g/mol. The number of nitrogens with one attached hydrogen (secondary N) is 1. The second kappa shape index (κ2) is 7.95. The molecule has 2 N–H and O–H groups in total. The average Bonchev–Trinajstić information content (AvgIpc) is 2.45. The van der Waals surface area contributed by atoms with Gasteiger partial charge in [0.15, 0.2) is 5.78 Å². The maximum atomic E-state index is 12.4. The Morgan fingerprint density at radius 1 is 1.29 bits per heavy atom. The molecule has 1 amide bonds. The predicted octanol–water partition coefficient (Wildman–Crippen LogP) is 2.45. The lowest BCUT2D eigenvalue weighted by atomic mass is 9.85. The Hall–Kier alpha value is -2.37. The van der Waals surface area contributed by atoms with Crippen LogP contribution in [0.15, 0.2) is 18.2 Å². The number of carboxylic acid groups (broad SMARTS) is 1. The van der Waals surface area contributed by atoms with Gasteiger partial charge in [0, 0.05) is 16.7 Å². The van der Waals surface area contributed by atoms with E-state index in [-0.39, 0.29) is 30.4 Å². The Balaban J connectivity index is 2.99. The number of hydrogen-bond donors (Lipinski definition) is 2. The number of carboxylic acids is 1. The van der Waals surface area contributed by atoms with Gasteiger partial charge in [-0.25, -0.2) is 0 Å². The van der Waals surface area contributed by atoms with Crippen molar-refractivity contribution in [2.75, 3.05) is 7.11 Å². The van der Waals surface area contributed by atoms with Crippen molar-refractivity contribution in [3.05, 3.63) is 29.3 Å². The fraction of sp³-hybridized carbons (Fsp3) is 0.500. The Kier molecular flexibility index (Phi) is 6.51. The summed E-state index contributed by atoms with van der Waals surface area (Å²) < 4.78 is 5.24. The van der Waals surface area contributed by atoms with Gasteiger partial charge in [0.05, 0.1) is 20.0 Å². The molecule has 0 aromatic heterocycles. The molecule has 0 aliphatic rings. The molecule has 24 heavy (non-hydrogen) atoms. The highest BCUT2D eigenvalue weighted by Crippen LogP contribution is 2.23. The number of aliphatic carboxylic acids is 1. The smallest absolute Gasteiger partial charge is 0.305 e. The third kappa shape index (κ3) is 5.08. The summed E-state index contributed by atoms with van der Waals surface area (Å²) in [5.41, 5.74) is 0.230. The van der Waals surface area contributed by atoms with Crippen molar-refractivity contribution >= 4 is 17.7 Å². The molecule has 0 fully saturated rings. The van der Waals surface area contributed by atoms with Crippen LogP contribution in [-0.2, 0) is 16.0 Å². The molecule has 0 aliphatic carbocycles. The van der Waals surface area contributed by atoms with E-state index >= 15 is 0 Å². The predicted molar refractivity (Wildman–Crippen MR) is 90.3 cm³/mol. The number of rotatable bonds is 8. The van der Waals surface area contributed by atoms with Gasteiger partial charge < -0.3 is 15.2 Å². The molecule has 1 atom stereocenters. The number of carbonyl (C=O) groups excluding carboxylic acids is 2. The van der Waals surface area contributed by atoms with E-state index in [4.69, 9.17) is 9.84 Å². The number of hydrogen-bond acceptors (Lipinski definition) is 4. The lowest BCUT2D eigenvalue weighted by molar-refractivity contribution is -0.139. The number of benzene rings is 1. The third-order valence-corrected chi connectivity index (χ3v) is 4.26. The topological polar surface area (TPSA) is 92.7 Å². The van der Waals surface area contributed by atoms with Gasteiger partial charge in [-0.05, 0) is 38.0 Å². The second-order valence-electron chi connectivity index (χ2n) is 6.45. The van der Waals surface area contributed by atoms with Crippen LogP contribution in [0.1, 0.15) is 50.0 Å². The zero-order valence-corrected chi connectivity index (χ0v) is 14.8. The van der Waals surface area contributed by atoms with Gasteiger partial charge in [-0.3, -0.25) is 14.4 Å². The molecule has 1 unspecified atom stereocenters. The van der Waals surface area contributed by atoms with Crippen molar-refractivity contribution in [2.45, 2.75) is 46.1 Å². The Bertz CT molecular complexity index is 638. The fourth-order valence-corrected chi connectivity index (χ4v) is 2.38. The summed E-state index contributed by atoms with van der Waals surface area (Å²) in [4.78, 5) is 35.0. The van der Waals surface area contributed by atoms with Gasteiger partial charge >= 0.3 is 5.97 Å². The molecule has 0 aliphatic heterocycles. The van der Waals surface area contributed by atoms with Crippen molar-refractivity contribution in [2.24, 2.45) is 5.92 Å². The first kappa shape index (κ1) is 19.7. The molecule has 0 heterocycles. The Labute approximate surface area is 142 Å². The Morgan fingerprint density at radius 2 is 1.92 bits per heavy atom. The molecule has 6 nitrogen and oxygen atoms in total. The lowest BCUT2D eigenvalue weighted by Crippen LogP contribution is -2.51. The lowest BCUT2D eigenvalue weighted by Gasteiger charge is -2.33. The van der Waals surface area contributed by atoms with E-state index in [9.17, 15) is 14.4 Å². The van der Waals surface area contributed by atoms with Gasteiger partial charge in [-0.1, -0.05) is 13.8 Å². The van der Waals surface area contributed by atoms with Gasteiger partial charge in [0.25, 0.3) is 0 Å². The molecular weight excluding hydrogens is 310 g/mol. The fourth-order valence-electron chi connectivity index (χ4n) is 2.38. The number of amides is 1. The van der Waals surface area contributed by atoms with Crippen LogP contribution < -0.4 is 10.1 Å². The Morgan fingerprint density at radius 3 is 2.38 bits per heavy atom. The summed E-state index contributed by atoms with van der Waals surface area (Å²) in [5.74, 6) is -0.922. The maximum absolute atomic E-state index is 12.4. The van der Waals surface area contributed by atoms with Crippen LogP contribution in [0, 0.1) is 5.92 Å². The summed E-state index contributed by atoms with van der Waals surface area (Å²) in [5, 5.41) is 11.9. The summed E-state index contributed by atoms with van der Waals surface area (Å²) >= 11 is 0. The highest BCUT2D eigenvalue weighted by Gasteiger charge is 2.32. The molecule has 0 saturated carbocycles. The highest BCUT2D eigenvalue weighted by atomic mass is 16.5. The van der Waals surface area contributed by atoms with Crippen molar-refractivity contribution in [3.8, 4) is 5.75 Å². The molecule has 0 radical (unpaired) electrons. The van der Waals surface area contributed by atoms with Crippen molar-refractivity contribution in [1.82, 2.24) is 5.32 Å². The number of ether oxygens (including phenoxy) is 1. The summed E-state index contributed by atoms with van der Waals surface area (Å²) in [6.07, 6.45) is -0.159. The minimum absolute atomic E-state index is 0.00617. The molecule has 1 rings (SSSR count). The third-order valence-electron chi connectivity index (χ3n) is 4.26. The number of methoxy groups -OCH3 is 1. The summed E-state index contributed by atoms with van der Waals surface area (Å²) in [6.45, 7) is 6.89. The van der Waals surface area contributed by atoms with Gasteiger partial charge in [0.1, 0.15) is 5.75 Å². The largest absolute Gasteiger partial charge is 0.496 e. The molecule has 0 bridgehead atoms. The molecule has 0 spiro atoms. The van der Waals surface area contributed by atoms with E-state index in [1.807, 2.05) is 13.8 Å². The van der Waals surface area contributed by atoms with Crippen LogP contribution in [0.5, 0.6) is 5.75 Å². The number of ketones is 1. The SMILES string of the molecule is COc1ccc(C(C)=O)cc1CC(=O)NC(C)(CC(=O)O)C(C)C. The van der Waals surface area contributed by atoms with E-state index in [2.05, 4.69) is 5.32 Å². The first-order valence-corrected chi connectivity index (χ1v) is 7.79. The van der Waals surface area contributed by atoms with Gasteiger partial charge in [-0.2, -0.15) is 0 Å². The van der Waals surface area contributed by atoms with Gasteiger partial charge in [-0.15, -0.1) is 0 Å². The molecule has 6 heteroatoms. The minimum atomic E-state index is -0.970. The van der Waals surface area contributed by atoms with E-state index in [1.54, 1.807) is 25.1 Å². The van der Waals surface area contributed by atoms with E-state index in [0.29, 0.717) is 16.9 Å². The van der Waals surface area contributed by atoms with E-state index in [1.165, 1.54) is 14.0 Å². The summed E-state index contributed by atoms with van der Waals surface area (Å²) in [7, 11) is 1.49. The standard InChI is InChI=1S/C18H25NO5/c1-11(2)18(4,10-17(22)23)19-16(21)9-14-8-13(12(3)20)6-7-15(14)24-5/h6-8,11H,9-10H2,1-5H3,(H,19,21)(H,22,23). The van der Waals surface area contributed by atoms with Crippen LogP contribution in [0.4, 0.5) is 0 Å². The van der Waals surface area contributed by atoms with Crippen LogP contribution in [0.2, 0.25) is 0 Å². The zero-order chi connectivity index (χ0) is 18.5. The number of carbonyl (C=O) groups is 3. The first-order chi connectivity index (χ1) is 11.1. The summed E-state index contributed by atoms with van der Waals surface area (Å²) in [6, 6.07) is 4.92. The molecule has 132 valence electrons.